The van der Waals surface area contributed by atoms with Gasteiger partial charge in [-0.3, -0.25) is 4.79 Å². The quantitative estimate of drug-likeness (QED) is 0.919. The van der Waals surface area contributed by atoms with Gasteiger partial charge in [0.15, 0.2) is 0 Å². The van der Waals surface area contributed by atoms with Crippen molar-refractivity contribution in [2.24, 2.45) is 5.73 Å². The van der Waals surface area contributed by atoms with Gasteiger partial charge in [0.05, 0.1) is 0 Å². The first-order valence-electron chi connectivity index (χ1n) is 7.91. The van der Waals surface area contributed by atoms with Crippen LogP contribution in [0.2, 0.25) is 0 Å². The zero-order valence-corrected chi connectivity index (χ0v) is 13.3. The van der Waals surface area contributed by atoms with Crippen LogP contribution in [0.5, 0.6) is 0 Å². The van der Waals surface area contributed by atoms with Gasteiger partial charge in [-0.25, -0.2) is 0 Å². The SMILES string of the molecule is Cc1cccc(C)c1C(=O)N1CCCN(CCCN)CC1. The summed E-state index contributed by atoms with van der Waals surface area (Å²) in [6, 6.07) is 6.05. The average molecular weight is 289 g/mol. The first-order chi connectivity index (χ1) is 10.1. The molecule has 0 spiro atoms. The lowest BCUT2D eigenvalue weighted by molar-refractivity contribution is 0.0760. The van der Waals surface area contributed by atoms with Gasteiger partial charge in [0.2, 0.25) is 0 Å². The molecule has 0 saturated carbocycles. The van der Waals surface area contributed by atoms with Gasteiger partial charge in [-0.05, 0) is 57.5 Å². The molecule has 0 radical (unpaired) electrons. The minimum Gasteiger partial charge on any atom is -0.337 e. The zero-order valence-electron chi connectivity index (χ0n) is 13.3. The van der Waals surface area contributed by atoms with E-state index in [1.54, 1.807) is 0 Å². The summed E-state index contributed by atoms with van der Waals surface area (Å²) >= 11 is 0. The van der Waals surface area contributed by atoms with E-state index >= 15 is 0 Å². The van der Waals surface area contributed by atoms with E-state index in [2.05, 4.69) is 4.90 Å². The molecule has 2 N–H and O–H groups in total. The Kier molecular flexibility index (Phi) is 5.76. The van der Waals surface area contributed by atoms with Crippen LogP contribution in [-0.2, 0) is 0 Å². The second kappa shape index (κ2) is 7.57. The van der Waals surface area contributed by atoms with E-state index in [1.165, 1.54) is 0 Å². The standard InChI is InChI=1S/C17H27N3O/c1-14-6-3-7-15(2)16(14)17(21)20-11-5-10-19(12-13-20)9-4-8-18/h3,6-7H,4-5,8-13,18H2,1-2H3. The van der Waals surface area contributed by atoms with Crippen molar-refractivity contribution in [1.82, 2.24) is 9.80 Å². The Morgan fingerprint density at radius 1 is 1.14 bits per heavy atom. The molecule has 0 unspecified atom stereocenters. The number of benzene rings is 1. The van der Waals surface area contributed by atoms with E-state index in [9.17, 15) is 4.79 Å². The molecule has 1 amide bonds. The van der Waals surface area contributed by atoms with Crippen LogP contribution >= 0.6 is 0 Å². The fourth-order valence-electron chi connectivity index (χ4n) is 3.02. The number of aryl methyl sites for hydroxylation is 2. The number of nitrogens with zero attached hydrogens (tertiary/aromatic N) is 2. The van der Waals surface area contributed by atoms with Gasteiger partial charge in [-0.1, -0.05) is 18.2 Å². The van der Waals surface area contributed by atoms with Crippen LogP contribution in [0.1, 0.15) is 34.3 Å². The summed E-state index contributed by atoms with van der Waals surface area (Å²) in [4.78, 5) is 17.2. The molecule has 0 atom stereocenters. The lowest BCUT2D eigenvalue weighted by Crippen LogP contribution is -2.36. The fourth-order valence-corrected chi connectivity index (χ4v) is 3.02. The van der Waals surface area contributed by atoms with E-state index in [4.69, 9.17) is 5.73 Å². The van der Waals surface area contributed by atoms with Crippen molar-refractivity contribution in [2.75, 3.05) is 39.3 Å². The van der Waals surface area contributed by atoms with Crippen LogP contribution in [-0.4, -0.2) is 55.0 Å². The highest BCUT2D eigenvalue weighted by atomic mass is 16.2. The molecule has 1 aromatic rings. The van der Waals surface area contributed by atoms with Crippen LogP contribution in [0.4, 0.5) is 0 Å². The normalized spacial score (nSPS) is 16.8. The molecular weight excluding hydrogens is 262 g/mol. The predicted molar refractivity (Wildman–Crippen MR) is 86.5 cm³/mol. The Hall–Kier alpha value is -1.39. The fraction of sp³-hybridized carbons (Fsp3) is 0.588. The summed E-state index contributed by atoms with van der Waals surface area (Å²) in [5.74, 6) is 0.186. The van der Waals surface area contributed by atoms with Crippen molar-refractivity contribution >= 4 is 5.91 Å². The molecule has 4 nitrogen and oxygen atoms in total. The lowest BCUT2D eigenvalue weighted by Gasteiger charge is -2.23. The van der Waals surface area contributed by atoms with Gasteiger partial charge in [-0.2, -0.15) is 0 Å². The predicted octanol–water partition coefficient (Wildman–Crippen LogP) is 1.80. The highest BCUT2D eigenvalue weighted by Crippen LogP contribution is 2.17. The molecule has 1 fully saturated rings. The smallest absolute Gasteiger partial charge is 0.254 e. The van der Waals surface area contributed by atoms with Gasteiger partial charge < -0.3 is 15.5 Å². The topological polar surface area (TPSA) is 49.6 Å². The molecule has 1 saturated heterocycles. The summed E-state index contributed by atoms with van der Waals surface area (Å²) in [5, 5.41) is 0. The van der Waals surface area contributed by atoms with Crippen LogP contribution < -0.4 is 5.73 Å². The lowest BCUT2D eigenvalue weighted by atomic mass is 10.0. The van der Waals surface area contributed by atoms with Crippen LogP contribution in [0, 0.1) is 13.8 Å². The van der Waals surface area contributed by atoms with Gasteiger partial charge in [0.25, 0.3) is 5.91 Å². The van der Waals surface area contributed by atoms with Crippen LogP contribution in [0.25, 0.3) is 0 Å². The number of carbonyl (C=O) groups is 1. The van der Waals surface area contributed by atoms with Crippen LogP contribution in [0.3, 0.4) is 0 Å². The highest BCUT2D eigenvalue weighted by Gasteiger charge is 2.22. The Morgan fingerprint density at radius 2 is 1.86 bits per heavy atom. The maximum atomic E-state index is 12.8. The minimum atomic E-state index is 0.186. The molecule has 116 valence electrons. The van der Waals surface area contributed by atoms with E-state index in [-0.39, 0.29) is 5.91 Å². The summed E-state index contributed by atoms with van der Waals surface area (Å²) in [7, 11) is 0. The van der Waals surface area contributed by atoms with Gasteiger partial charge in [0.1, 0.15) is 0 Å². The Morgan fingerprint density at radius 3 is 2.52 bits per heavy atom. The molecule has 2 rings (SSSR count). The summed E-state index contributed by atoms with van der Waals surface area (Å²) in [5.41, 5.74) is 8.61. The van der Waals surface area contributed by atoms with E-state index < -0.39 is 0 Å². The third kappa shape index (κ3) is 4.05. The van der Waals surface area contributed by atoms with Crippen molar-refractivity contribution in [3.8, 4) is 0 Å². The molecule has 1 heterocycles. The van der Waals surface area contributed by atoms with E-state index in [0.717, 1.165) is 68.8 Å². The van der Waals surface area contributed by atoms with Crippen molar-refractivity contribution < 1.29 is 4.79 Å². The first kappa shape index (κ1) is 16.0. The molecule has 4 heteroatoms. The van der Waals surface area contributed by atoms with Gasteiger partial charge >= 0.3 is 0 Å². The Labute approximate surface area is 127 Å². The van der Waals surface area contributed by atoms with Gasteiger partial charge in [0, 0.05) is 25.2 Å². The molecule has 0 aromatic heterocycles. The third-order valence-corrected chi connectivity index (χ3v) is 4.25. The van der Waals surface area contributed by atoms with Crippen LogP contribution in [0.15, 0.2) is 18.2 Å². The highest BCUT2D eigenvalue weighted by molar-refractivity contribution is 5.97. The average Bonchev–Trinajstić information content (AvgIpc) is 2.70. The third-order valence-electron chi connectivity index (χ3n) is 4.25. The molecule has 1 aliphatic rings. The molecule has 21 heavy (non-hydrogen) atoms. The van der Waals surface area contributed by atoms with Crippen molar-refractivity contribution in [3.63, 3.8) is 0 Å². The van der Waals surface area contributed by atoms with Crippen molar-refractivity contribution in [1.29, 1.82) is 0 Å². The van der Waals surface area contributed by atoms with Crippen molar-refractivity contribution in [3.05, 3.63) is 34.9 Å². The summed E-state index contributed by atoms with van der Waals surface area (Å²) in [6.07, 6.45) is 2.08. The molecule has 0 bridgehead atoms. The maximum Gasteiger partial charge on any atom is 0.254 e. The number of rotatable bonds is 4. The molecular formula is C17H27N3O. The Bertz CT molecular complexity index is 467. The number of amides is 1. The monoisotopic (exact) mass is 289 g/mol. The number of hydrogen-bond donors (Lipinski definition) is 1. The summed E-state index contributed by atoms with van der Waals surface area (Å²) in [6.45, 7) is 9.51. The molecule has 0 aliphatic carbocycles. The second-order valence-corrected chi connectivity index (χ2v) is 5.90. The second-order valence-electron chi connectivity index (χ2n) is 5.90. The maximum absolute atomic E-state index is 12.8. The minimum absolute atomic E-state index is 0.186. The number of hydrogen-bond acceptors (Lipinski definition) is 3. The summed E-state index contributed by atoms with van der Waals surface area (Å²) < 4.78 is 0. The molecule has 1 aromatic carbocycles. The molecule has 1 aliphatic heterocycles. The number of nitrogens with two attached hydrogens (primary N) is 1. The van der Waals surface area contributed by atoms with Gasteiger partial charge in [-0.15, -0.1) is 0 Å². The largest absolute Gasteiger partial charge is 0.337 e. The van der Waals surface area contributed by atoms with E-state index in [1.807, 2.05) is 36.9 Å². The van der Waals surface area contributed by atoms with Crippen molar-refractivity contribution in [2.45, 2.75) is 26.7 Å². The number of carbonyl (C=O) groups excluding carboxylic acids is 1. The van der Waals surface area contributed by atoms with E-state index in [0.29, 0.717) is 0 Å². The zero-order chi connectivity index (χ0) is 15.2. The Balaban J connectivity index is 2.03. The first-order valence-corrected chi connectivity index (χ1v) is 7.91.